The lowest BCUT2D eigenvalue weighted by Crippen LogP contribution is -2.74. The second kappa shape index (κ2) is 24.8. The summed E-state index contributed by atoms with van der Waals surface area (Å²) in [5.74, 6) is 0. The highest BCUT2D eigenvalue weighted by Gasteiger charge is 2.47. The third-order valence-corrected chi connectivity index (χ3v) is 25.6. The number of nitrogens with zero attached hydrogens (tertiary/aromatic N) is 3. The van der Waals surface area contributed by atoms with Gasteiger partial charge in [-0.25, -0.2) is 0 Å². The van der Waals surface area contributed by atoms with Crippen LogP contribution in [-0.4, -0.2) is 19.4 Å². The molecule has 16 aromatic rings. The number of benzene rings is 15. The Morgan fingerprint density at radius 2 is 0.703 bits per heavy atom. The lowest BCUT2D eigenvalue weighted by Gasteiger charge is -2.46. The van der Waals surface area contributed by atoms with E-state index in [1.165, 1.54) is 20.7 Å². The van der Waals surface area contributed by atoms with E-state index in [1.54, 1.807) is 4.57 Å². The molecule has 0 atom stereocenters. The van der Waals surface area contributed by atoms with Gasteiger partial charge in [0.25, 0.3) is 6.71 Å². The van der Waals surface area contributed by atoms with E-state index in [0.717, 1.165) is 123 Å². The Morgan fingerprint density at radius 1 is 0.327 bits per heavy atom. The molecule has 0 saturated heterocycles. The zero-order valence-corrected chi connectivity index (χ0v) is 57.9. The van der Waals surface area contributed by atoms with Gasteiger partial charge in [-0.3, -0.25) is 0 Å². The van der Waals surface area contributed by atoms with Gasteiger partial charge < -0.3 is 14.4 Å². The Morgan fingerprint density at radius 3 is 1.12 bits per heavy atom. The van der Waals surface area contributed by atoms with E-state index in [0.29, 0.717) is 5.69 Å². The number of aromatic nitrogens is 1. The standard InChI is InChI=1S/C96H74BN3Si/c1-65-57-81(68-31-13-6-14-32-68)94(82(58-65)69-33-15-7-16-34-69)99-89-56-51-72(67-49-53-78(54-50-67)101(75-39-21-10-22-40-75,76-41-23-11-24-42-76)77-43-25-12-26-44-77)61-86(89)97-85-55-52-74(98-87-47-29-27-45-79(87)80-46-28-30-48-88(80)98)64-90(85)100(92-63-73(96(3,4)5)62-91(99)93(92)97)95-83(70-35-17-8-18-36-70)59-66(2)60-84(95)71-37-19-9-20-38-71/h6-64H,1-5H3/i27D,28D,29D,30D,45D,46D,47D,48D. The molecule has 0 bridgehead atoms. The van der Waals surface area contributed by atoms with Crippen LogP contribution in [0.5, 0.6) is 0 Å². The van der Waals surface area contributed by atoms with Gasteiger partial charge in [0.15, 0.2) is 8.07 Å². The smallest absolute Gasteiger partial charge is 0.252 e. The normalized spacial score (nSPS) is 13.7. The summed E-state index contributed by atoms with van der Waals surface area (Å²) < 4.78 is 77.1. The largest absolute Gasteiger partial charge is 0.310 e. The van der Waals surface area contributed by atoms with Crippen molar-refractivity contribution >= 4 is 108 Å². The monoisotopic (exact) mass is 1320 g/mol. The summed E-state index contributed by atoms with van der Waals surface area (Å²) in [7, 11) is -2.93. The zero-order valence-electron chi connectivity index (χ0n) is 64.9. The highest BCUT2D eigenvalue weighted by atomic mass is 28.3. The number of anilines is 6. The number of para-hydroxylation sites is 2. The Bertz CT molecular complexity index is 6020. The fourth-order valence-electron chi connectivity index (χ4n) is 16.3. The molecule has 1 aromatic heterocycles. The molecule has 3 heterocycles. The molecular formula is C96H74BN3Si. The van der Waals surface area contributed by atoms with Crippen LogP contribution in [0.2, 0.25) is 0 Å². The van der Waals surface area contributed by atoms with Gasteiger partial charge in [-0.05, 0) is 173 Å². The number of rotatable bonds is 12. The van der Waals surface area contributed by atoms with Gasteiger partial charge in [0, 0.05) is 61.5 Å². The molecule has 2 aliphatic heterocycles. The maximum absolute atomic E-state index is 9.83. The van der Waals surface area contributed by atoms with Crippen molar-refractivity contribution in [2.45, 2.75) is 40.0 Å². The topological polar surface area (TPSA) is 11.4 Å². The van der Waals surface area contributed by atoms with Crippen LogP contribution in [0.3, 0.4) is 0 Å². The maximum atomic E-state index is 9.83. The van der Waals surface area contributed by atoms with Crippen LogP contribution in [0.4, 0.5) is 34.1 Å². The SMILES string of the molecule is [2H]c1c([2H])c([2H])c2c(c1[2H])c1c([2H])c([2H])c([2H])c([2H])c1n2-c1ccc2c(c1)N(c1c(-c3ccccc3)cc(C)cc1-c1ccccc1)c1cc(C(C)(C)C)cc3c1B2c1cc(-c2ccc([Si](c4ccccc4)(c4ccccc4)c4ccccc4)cc2)ccc1N3c1c(-c2ccccc2)cc(C)cc1-c1ccccc1. The Balaban J connectivity index is 0.994. The lowest BCUT2D eigenvalue weighted by molar-refractivity contribution is 0.590. The highest BCUT2D eigenvalue weighted by Crippen LogP contribution is 2.54. The number of aryl methyl sites for hydroxylation is 2. The summed E-state index contributed by atoms with van der Waals surface area (Å²) in [6.45, 7) is 10.7. The molecule has 3 nitrogen and oxygen atoms in total. The van der Waals surface area contributed by atoms with Gasteiger partial charge >= 0.3 is 0 Å². The van der Waals surface area contributed by atoms with Crippen molar-refractivity contribution in [1.82, 2.24) is 4.57 Å². The minimum Gasteiger partial charge on any atom is -0.310 e. The molecule has 0 N–H and O–H groups in total. The fraction of sp³-hybridized carbons (Fsp3) is 0.0625. The summed E-state index contributed by atoms with van der Waals surface area (Å²) >= 11 is 0. The summed E-state index contributed by atoms with van der Waals surface area (Å²) in [6, 6.07) is 109. The minimum atomic E-state index is -2.93. The van der Waals surface area contributed by atoms with Gasteiger partial charge in [-0.2, -0.15) is 0 Å². The summed E-state index contributed by atoms with van der Waals surface area (Å²) in [5.41, 5.74) is 22.2. The Labute approximate surface area is 605 Å². The summed E-state index contributed by atoms with van der Waals surface area (Å²) in [4.78, 5) is 5.02. The van der Waals surface area contributed by atoms with Crippen LogP contribution in [0, 0.1) is 13.8 Å². The Hall–Kier alpha value is -12.0. The first-order chi connectivity index (χ1) is 52.9. The van der Waals surface area contributed by atoms with Gasteiger partial charge in [0.1, 0.15) is 0 Å². The lowest BCUT2D eigenvalue weighted by atomic mass is 9.33. The van der Waals surface area contributed by atoms with E-state index >= 15 is 0 Å². The fourth-order valence-corrected chi connectivity index (χ4v) is 21.0. The molecular weight excluding hydrogens is 1230 g/mol. The molecule has 0 saturated carbocycles. The molecule has 0 radical (unpaired) electrons. The minimum absolute atomic E-state index is 0.0135. The second-order valence-corrected chi connectivity index (χ2v) is 31.7. The van der Waals surface area contributed by atoms with Gasteiger partial charge in [-0.1, -0.05) is 312 Å². The molecule has 0 aliphatic carbocycles. The molecule has 15 aromatic carbocycles. The first kappa shape index (κ1) is 53.0. The van der Waals surface area contributed by atoms with E-state index in [4.69, 9.17) is 2.74 Å². The van der Waals surface area contributed by atoms with E-state index in [2.05, 4.69) is 336 Å². The van der Waals surface area contributed by atoms with Crippen molar-refractivity contribution in [2.75, 3.05) is 9.80 Å². The molecule has 0 amide bonds. The average Bonchev–Trinajstić information content (AvgIpc) is 1.50. The molecule has 0 spiro atoms. The molecule has 18 rings (SSSR count). The predicted molar refractivity (Wildman–Crippen MR) is 434 cm³/mol. The van der Waals surface area contributed by atoms with Crippen molar-refractivity contribution in [3.05, 3.63) is 374 Å². The van der Waals surface area contributed by atoms with Gasteiger partial charge in [-0.15, -0.1) is 0 Å². The number of hydrogen-bond acceptors (Lipinski definition) is 2. The highest BCUT2D eigenvalue weighted by molar-refractivity contribution is 7.20. The zero-order chi connectivity index (χ0) is 74.9. The molecule has 0 fully saturated rings. The van der Waals surface area contributed by atoms with Crippen molar-refractivity contribution in [2.24, 2.45) is 0 Å². The van der Waals surface area contributed by atoms with E-state index in [9.17, 15) is 8.22 Å². The van der Waals surface area contributed by atoms with Gasteiger partial charge in [0.2, 0.25) is 0 Å². The average molecular weight is 1320 g/mol. The van der Waals surface area contributed by atoms with E-state index in [1.807, 2.05) is 18.2 Å². The molecule has 0 unspecified atom stereocenters. The van der Waals surface area contributed by atoms with Crippen molar-refractivity contribution in [1.29, 1.82) is 0 Å². The van der Waals surface area contributed by atoms with Crippen LogP contribution < -0.4 is 46.9 Å². The predicted octanol–water partition coefficient (Wildman–Crippen LogP) is 20.5. The van der Waals surface area contributed by atoms with E-state index < -0.39 is 56.5 Å². The van der Waals surface area contributed by atoms with E-state index in [-0.39, 0.29) is 33.9 Å². The van der Waals surface area contributed by atoms with Crippen LogP contribution in [0.15, 0.2) is 358 Å². The van der Waals surface area contributed by atoms with Crippen LogP contribution in [-0.2, 0) is 5.41 Å². The maximum Gasteiger partial charge on any atom is 0.252 e. The molecule has 2 aliphatic rings. The molecule has 480 valence electrons. The van der Waals surface area contributed by atoms with Crippen molar-refractivity contribution in [3.63, 3.8) is 0 Å². The summed E-state index contributed by atoms with van der Waals surface area (Å²) in [6.07, 6.45) is 0. The Kier molecular flexibility index (Phi) is 13.0. The third-order valence-electron chi connectivity index (χ3n) is 20.8. The van der Waals surface area contributed by atoms with Crippen LogP contribution in [0.1, 0.15) is 48.4 Å². The first-order valence-corrected chi connectivity index (χ1v) is 36.8. The second-order valence-electron chi connectivity index (χ2n) is 27.9. The number of hydrogen-bond donors (Lipinski definition) is 0. The van der Waals surface area contributed by atoms with Crippen molar-refractivity contribution < 1.29 is 11.0 Å². The van der Waals surface area contributed by atoms with Crippen molar-refractivity contribution in [3.8, 4) is 61.3 Å². The number of fused-ring (bicyclic) bond motifs is 7. The first-order valence-electron chi connectivity index (χ1n) is 38.8. The third kappa shape index (κ3) is 10.2. The quantitative estimate of drug-likeness (QED) is 0.0892. The van der Waals surface area contributed by atoms with Gasteiger partial charge in [0.05, 0.1) is 33.4 Å². The molecule has 101 heavy (non-hydrogen) atoms. The van der Waals surface area contributed by atoms with Crippen LogP contribution in [0.25, 0.3) is 83.1 Å². The summed E-state index contributed by atoms with van der Waals surface area (Å²) in [5, 5.41) is 5.15. The van der Waals surface area contributed by atoms with Crippen LogP contribution >= 0.6 is 0 Å². The molecule has 5 heteroatoms.